The Morgan fingerprint density at radius 1 is 0.900 bits per heavy atom. The number of para-hydroxylation sites is 2. The Balaban J connectivity index is 2.92. The van der Waals surface area contributed by atoms with Crippen molar-refractivity contribution < 1.29 is 9.59 Å². The molecule has 20 heavy (non-hydrogen) atoms. The first-order chi connectivity index (χ1) is 9.36. The fraction of sp³-hybridized carbons (Fsp3) is 0.133. The van der Waals surface area contributed by atoms with Crippen molar-refractivity contribution in [1.82, 2.24) is 9.13 Å². The molecule has 0 radical (unpaired) electrons. The third-order valence-electron chi connectivity index (χ3n) is 2.88. The molecule has 0 spiro atoms. The first-order valence-electron chi connectivity index (χ1n) is 5.99. The highest BCUT2D eigenvalue weighted by molar-refractivity contribution is 6.04. The second-order valence-electron chi connectivity index (χ2n) is 4.61. The zero-order valence-corrected chi connectivity index (χ0v) is 11.3. The number of aromatic nitrogens is 2. The number of fused-ring (bicyclic) bond motifs is 1. The van der Waals surface area contributed by atoms with Gasteiger partial charge in [0, 0.05) is 11.1 Å². The number of nitrogens with zero attached hydrogens (tertiary/aromatic N) is 2. The summed E-state index contributed by atoms with van der Waals surface area (Å²) in [5.41, 5.74) is 0.489. The lowest BCUT2D eigenvalue weighted by Crippen LogP contribution is -2.32. The molecular formula is C15H14N2O3. The maximum absolute atomic E-state index is 12.4. The molecule has 5 nitrogen and oxygen atoms in total. The van der Waals surface area contributed by atoms with Gasteiger partial charge in [-0.3, -0.25) is 9.59 Å². The number of imidazole rings is 1. The van der Waals surface area contributed by atoms with Gasteiger partial charge in [-0.25, -0.2) is 13.9 Å². The fourth-order valence-corrected chi connectivity index (χ4v) is 1.92. The summed E-state index contributed by atoms with van der Waals surface area (Å²) < 4.78 is 1.91. The Bertz CT molecular complexity index is 755. The van der Waals surface area contributed by atoms with Crippen molar-refractivity contribution in [3.05, 3.63) is 59.1 Å². The molecule has 0 bridgehead atoms. The lowest BCUT2D eigenvalue weighted by Gasteiger charge is -2.00. The molecule has 0 fully saturated rings. The van der Waals surface area contributed by atoms with Gasteiger partial charge >= 0.3 is 5.69 Å². The Labute approximate surface area is 115 Å². The number of allylic oxidation sites excluding steroid dienone is 2. The third-order valence-corrected chi connectivity index (χ3v) is 2.88. The summed E-state index contributed by atoms with van der Waals surface area (Å²) in [5, 5.41) is 0. The zero-order chi connectivity index (χ0) is 15.0. The third kappa shape index (κ3) is 1.93. The molecule has 0 N–H and O–H groups in total. The number of hydrogen-bond donors (Lipinski definition) is 0. The van der Waals surface area contributed by atoms with E-state index in [9.17, 15) is 14.4 Å². The molecule has 2 rings (SSSR count). The van der Waals surface area contributed by atoms with E-state index in [1.165, 1.54) is 13.8 Å². The number of carbonyl (C=O) groups excluding carboxylic acids is 2. The summed E-state index contributed by atoms with van der Waals surface area (Å²) in [7, 11) is 0. The van der Waals surface area contributed by atoms with Crippen molar-refractivity contribution in [2.75, 3.05) is 0 Å². The highest BCUT2D eigenvalue weighted by Crippen LogP contribution is 2.15. The Hall–Kier alpha value is -2.69. The van der Waals surface area contributed by atoms with E-state index in [4.69, 9.17) is 0 Å². The summed E-state index contributed by atoms with van der Waals surface area (Å²) in [5.74, 6) is -1.06. The number of rotatable bonds is 2. The Kier molecular flexibility index (Phi) is 3.28. The molecule has 0 atom stereocenters. The summed E-state index contributed by atoms with van der Waals surface area (Å²) in [6, 6.07) is 6.61. The van der Waals surface area contributed by atoms with Crippen LogP contribution in [0.25, 0.3) is 11.0 Å². The van der Waals surface area contributed by atoms with Crippen LogP contribution >= 0.6 is 0 Å². The predicted octanol–water partition coefficient (Wildman–Crippen LogP) is 2.24. The van der Waals surface area contributed by atoms with E-state index >= 15 is 0 Å². The minimum Gasteiger partial charge on any atom is -0.269 e. The first kappa shape index (κ1) is 13.7. The van der Waals surface area contributed by atoms with Gasteiger partial charge in [0.15, 0.2) is 0 Å². The van der Waals surface area contributed by atoms with Crippen LogP contribution in [0.1, 0.15) is 23.4 Å². The largest absolute Gasteiger partial charge is 0.343 e. The molecule has 2 aromatic rings. The standard InChI is InChI=1S/C15H14N2O3/c1-9(2)13(18)16-11-7-5-6-8-12(11)17(15(16)20)14(19)10(3)4/h5-8H,1,3H2,2,4H3. The molecule has 102 valence electrons. The molecule has 5 heteroatoms. The van der Waals surface area contributed by atoms with Gasteiger partial charge < -0.3 is 0 Å². The van der Waals surface area contributed by atoms with Gasteiger partial charge in [-0.1, -0.05) is 25.3 Å². The van der Waals surface area contributed by atoms with Gasteiger partial charge in [0.05, 0.1) is 11.0 Å². The second kappa shape index (κ2) is 4.77. The van der Waals surface area contributed by atoms with E-state index in [2.05, 4.69) is 13.2 Å². The highest BCUT2D eigenvalue weighted by Gasteiger charge is 2.22. The Morgan fingerprint density at radius 2 is 1.25 bits per heavy atom. The molecule has 1 aromatic carbocycles. The maximum Gasteiger partial charge on any atom is 0.343 e. The van der Waals surface area contributed by atoms with Gasteiger partial charge in [-0.2, -0.15) is 0 Å². The summed E-state index contributed by atoms with van der Waals surface area (Å²) >= 11 is 0. The molecular weight excluding hydrogens is 256 g/mol. The average Bonchev–Trinajstić information content (AvgIpc) is 2.68. The van der Waals surface area contributed by atoms with Crippen LogP contribution in [0.4, 0.5) is 0 Å². The quantitative estimate of drug-likeness (QED) is 0.786. The molecule has 0 aliphatic rings. The van der Waals surface area contributed by atoms with Gasteiger partial charge in [0.25, 0.3) is 11.8 Å². The predicted molar refractivity (Wildman–Crippen MR) is 77.1 cm³/mol. The lowest BCUT2D eigenvalue weighted by atomic mass is 10.2. The van der Waals surface area contributed by atoms with E-state index in [-0.39, 0.29) is 11.1 Å². The van der Waals surface area contributed by atoms with Crippen molar-refractivity contribution in [1.29, 1.82) is 0 Å². The van der Waals surface area contributed by atoms with Crippen LogP contribution < -0.4 is 5.69 Å². The molecule has 1 heterocycles. The molecule has 0 saturated heterocycles. The summed E-state index contributed by atoms with van der Waals surface area (Å²) in [6.45, 7) is 10.1. The monoisotopic (exact) mass is 270 g/mol. The number of carbonyl (C=O) groups is 2. The maximum atomic E-state index is 12.4. The van der Waals surface area contributed by atoms with Crippen LogP contribution in [-0.4, -0.2) is 20.9 Å². The molecule has 0 aliphatic carbocycles. The van der Waals surface area contributed by atoms with E-state index < -0.39 is 17.5 Å². The first-order valence-corrected chi connectivity index (χ1v) is 5.99. The average molecular weight is 270 g/mol. The van der Waals surface area contributed by atoms with Crippen LogP contribution in [0.2, 0.25) is 0 Å². The lowest BCUT2D eigenvalue weighted by molar-refractivity contribution is 0.0944. The molecule has 1 aromatic heterocycles. The van der Waals surface area contributed by atoms with E-state index in [0.29, 0.717) is 11.0 Å². The van der Waals surface area contributed by atoms with Crippen molar-refractivity contribution >= 4 is 22.8 Å². The second-order valence-corrected chi connectivity index (χ2v) is 4.61. The topological polar surface area (TPSA) is 61.1 Å². The van der Waals surface area contributed by atoms with E-state index in [1.807, 2.05) is 0 Å². The summed E-state index contributed by atoms with van der Waals surface area (Å²) in [6.07, 6.45) is 0. The molecule has 0 aliphatic heterocycles. The molecule has 0 amide bonds. The van der Waals surface area contributed by atoms with Gasteiger partial charge in [-0.05, 0) is 26.0 Å². The minimum atomic E-state index is -0.702. The molecule has 0 unspecified atom stereocenters. The van der Waals surface area contributed by atoms with Crippen LogP contribution in [0.3, 0.4) is 0 Å². The van der Waals surface area contributed by atoms with Crippen molar-refractivity contribution in [3.8, 4) is 0 Å². The Morgan fingerprint density at radius 3 is 1.55 bits per heavy atom. The van der Waals surface area contributed by atoms with Crippen molar-refractivity contribution in [2.45, 2.75) is 13.8 Å². The smallest absolute Gasteiger partial charge is 0.269 e. The SMILES string of the molecule is C=C(C)C(=O)n1c(=O)n(C(=O)C(=C)C)c2ccccc21. The highest BCUT2D eigenvalue weighted by atomic mass is 16.2. The van der Waals surface area contributed by atoms with Crippen molar-refractivity contribution in [2.24, 2.45) is 0 Å². The zero-order valence-electron chi connectivity index (χ0n) is 11.3. The van der Waals surface area contributed by atoms with E-state index in [1.54, 1.807) is 24.3 Å². The van der Waals surface area contributed by atoms with Crippen LogP contribution in [0.5, 0.6) is 0 Å². The number of hydrogen-bond acceptors (Lipinski definition) is 3. The van der Waals surface area contributed by atoms with Crippen molar-refractivity contribution in [3.63, 3.8) is 0 Å². The minimum absolute atomic E-state index is 0.220. The van der Waals surface area contributed by atoms with E-state index in [0.717, 1.165) is 9.13 Å². The molecule has 0 saturated carbocycles. The summed E-state index contributed by atoms with van der Waals surface area (Å²) in [4.78, 5) is 36.6. The normalized spacial score (nSPS) is 10.5. The fourth-order valence-electron chi connectivity index (χ4n) is 1.92. The number of benzene rings is 1. The van der Waals surface area contributed by atoms with Crippen LogP contribution in [-0.2, 0) is 0 Å². The van der Waals surface area contributed by atoms with Crippen LogP contribution in [0.15, 0.2) is 53.4 Å². The van der Waals surface area contributed by atoms with Crippen LogP contribution in [0, 0.1) is 0 Å². The van der Waals surface area contributed by atoms with Gasteiger partial charge in [0.2, 0.25) is 0 Å². The van der Waals surface area contributed by atoms with Gasteiger partial charge in [-0.15, -0.1) is 0 Å². The van der Waals surface area contributed by atoms with Gasteiger partial charge in [0.1, 0.15) is 0 Å².